The number of nitrogens with two attached hydrogens (primary N) is 1. The van der Waals surface area contributed by atoms with Crippen molar-refractivity contribution >= 4 is 0 Å². The minimum atomic E-state index is -0.970. The lowest BCUT2D eigenvalue weighted by atomic mass is 10.1. The summed E-state index contributed by atoms with van der Waals surface area (Å²) in [6.45, 7) is 0.541. The van der Waals surface area contributed by atoms with Gasteiger partial charge in [-0.05, 0) is 23.3 Å². The van der Waals surface area contributed by atoms with Gasteiger partial charge in [0, 0.05) is 6.54 Å². The lowest BCUT2D eigenvalue weighted by molar-refractivity contribution is 0.283. The fraction of sp³-hybridized carbons (Fsp3) is 0.143. The monoisotopic (exact) mass is 249 g/mol. The average Bonchev–Trinajstić information content (AvgIpc) is 2.41. The normalized spacial score (nSPS) is 10.4. The van der Waals surface area contributed by atoms with Crippen LogP contribution in [0.2, 0.25) is 0 Å². The summed E-state index contributed by atoms with van der Waals surface area (Å²) in [4.78, 5) is 0. The zero-order valence-corrected chi connectivity index (χ0v) is 9.70. The van der Waals surface area contributed by atoms with E-state index in [1.807, 2.05) is 24.3 Å². The van der Waals surface area contributed by atoms with Gasteiger partial charge >= 0.3 is 0 Å². The molecule has 0 aliphatic carbocycles. The van der Waals surface area contributed by atoms with Crippen LogP contribution in [-0.4, -0.2) is 0 Å². The molecule has 0 atom stereocenters. The van der Waals surface area contributed by atoms with Gasteiger partial charge in [0.05, 0.1) is 0 Å². The molecule has 2 aromatic carbocycles. The van der Waals surface area contributed by atoms with Crippen LogP contribution >= 0.6 is 0 Å². The molecule has 0 unspecified atom stereocenters. The van der Waals surface area contributed by atoms with E-state index < -0.39 is 11.6 Å². The molecule has 0 aliphatic rings. The van der Waals surface area contributed by atoms with Crippen molar-refractivity contribution in [2.75, 3.05) is 0 Å². The molecule has 0 radical (unpaired) electrons. The molecule has 94 valence electrons. The highest BCUT2D eigenvalue weighted by Gasteiger charge is 2.09. The summed E-state index contributed by atoms with van der Waals surface area (Å²) in [5.74, 6) is -1.98. The van der Waals surface area contributed by atoms with Crippen LogP contribution in [0.4, 0.5) is 8.78 Å². The maximum atomic E-state index is 13.4. The van der Waals surface area contributed by atoms with E-state index >= 15 is 0 Å². The summed E-state index contributed by atoms with van der Waals surface area (Å²) >= 11 is 0. The number of ether oxygens (including phenoxy) is 1. The van der Waals surface area contributed by atoms with Crippen LogP contribution in [0.3, 0.4) is 0 Å². The molecule has 0 amide bonds. The zero-order chi connectivity index (χ0) is 13.0. The first-order chi connectivity index (χ1) is 8.72. The van der Waals surface area contributed by atoms with E-state index in [0.717, 1.165) is 17.2 Å². The number of hydrogen-bond acceptors (Lipinski definition) is 2. The highest BCUT2D eigenvalue weighted by atomic mass is 19.2. The average molecular weight is 249 g/mol. The third-order valence-corrected chi connectivity index (χ3v) is 2.64. The van der Waals surface area contributed by atoms with E-state index in [4.69, 9.17) is 10.5 Å². The summed E-state index contributed by atoms with van der Waals surface area (Å²) in [7, 11) is 0. The van der Waals surface area contributed by atoms with Gasteiger partial charge in [-0.2, -0.15) is 4.39 Å². The van der Waals surface area contributed by atoms with Gasteiger partial charge in [0.1, 0.15) is 6.61 Å². The molecule has 0 aromatic heterocycles. The molecule has 0 saturated carbocycles. The van der Waals surface area contributed by atoms with Gasteiger partial charge in [0.15, 0.2) is 11.6 Å². The van der Waals surface area contributed by atoms with Gasteiger partial charge in [-0.3, -0.25) is 0 Å². The lowest BCUT2D eigenvalue weighted by Crippen LogP contribution is -2.05. The lowest BCUT2D eigenvalue weighted by Gasteiger charge is -2.10. The maximum absolute atomic E-state index is 13.4. The molecule has 0 aliphatic heterocycles. The second kappa shape index (κ2) is 5.60. The topological polar surface area (TPSA) is 35.2 Å². The molecular weight excluding hydrogens is 236 g/mol. The van der Waals surface area contributed by atoms with Crippen LogP contribution in [0.25, 0.3) is 0 Å². The number of benzene rings is 2. The maximum Gasteiger partial charge on any atom is 0.200 e. The van der Waals surface area contributed by atoms with E-state index in [1.54, 1.807) is 0 Å². The highest BCUT2D eigenvalue weighted by molar-refractivity contribution is 5.29. The van der Waals surface area contributed by atoms with Crippen LogP contribution in [0.15, 0.2) is 42.5 Å². The van der Waals surface area contributed by atoms with E-state index in [-0.39, 0.29) is 12.4 Å². The Kier molecular flexibility index (Phi) is 3.89. The Morgan fingerprint density at radius 2 is 1.67 bits per heavy atom. The Labute approximate surface area is 104 Å². The summed E-state index contributed by atoms with van der Waals surface area (Å²) in [6, 6.07) is 11.3. The zero-order valence-electron chi connectivity index (χ0n) is 9.70. The van der Waals surface area contributed by atoms with Crippen LogP contribution in [-0.2, 0) is 13.2 Å². The van der Waals surface area contributed by atoms with Crippen molar-refractivity contribution < 1.29 is 13.5 Å². The van der Waals surface area contributed by atoms with E-state index in [9.17, 15) is 8.78 Å². The summed E-state index contributed by atoms with van der Waals surface area (Å²) in [5, 5.41) is 0. The van der Waals surface area contributed by atoms with Gasteiger partial charge in [-0.1, -0.05) is 30.3 Å². The third-order valence-electron chi connectivity index (χ3n) is 2.64. The van der Waals surface area contributed by atoms with Crippen LogP contribution in [0, 0.1) is 11.6 Å². The largest absolute Gasteiger partial charge is 0.486 e. The molecule has 0 saturated heterocycles. The molecule has 18 heavy (non-hydrogen) atoms. The molecule has 0 bridgehead atoms. The highest BCUT2D eigenvalue weighted by Crippen LogP contribution is 2.21. The van der Waals surface area contributed by atoms with Crippen LogP contribution in [0.5, 0.6) is 5.75 Å². The quantitative estimate of drug-likeness (QED) is 0.904. The molecule has 2 rings (SSSR count). The van der Waals surface area contributed by atoms with E-state index in [0.29, 0.717) is 6.54 Å². The summed E-state index contributed by atoms with van der Waals surface area (Å²) in [5.41, 5.74) is 7.37. The fourth-order valence-corrected chi connectivity index (χ4v) is 1.65. The van der Waals surface area contributed by atoms with Gasteiger partial charge in [-0.25, -0.2) is 4.39 Å². The fourth-order valence-electron chi connectivity index (χ4n) is 1.65. The van der Waals surface area contributed by atoms with Gasteiger partial charge in [-0.15, -0.1) is 0 Å². The van der Waals surface area contributed by atoms with E-state index in [2.05, 4.69) is 0 Å². The molecule has 0 fully saturated rings. The number of halogens is 2. The van der Waals surface area contributed by atoms with Crippen molar-refractivity contribution in [1.29, 1.82) is 0 Å². The predicted molar refractivity (Wildman–Crippen MR) is 65.0 cm³/mol. The molecule has 2 N–H and O–H groups in total. The van der Waals surface area contributed by atoms with Crippen molar-refractivity contribution in [3.05, 3.63) is 65.2 Å². The van der Waals surface area contributed by atoms with Crippen molar-refractivity contribution in [2.45, 2.75) is 13.2 Å². The minimum Gasteiger partial charge on any atom is -0.486 e. The summed E-state index contributed by atoms with van der Waals surface area (Å²) < 4.78 is 31.6. The van der Waals surface area contributed by atoms with Gasteiger partial charge in [0.25, 0.3) is 0 Å². The number of rotatable bonds is 4. The molecule has 0 spiro atoms. The minimum absolute atomic E-state index is 0.0955. The third kappa shape index (κ3) is 2.65. The standard InChI is InChI=1S/C14H13F2NO/c15-12-6-3-7-13(14(12)16)18-9-11-5-2-1-4-10(11)8-17/h1-7H,8-9,17H2. The Morgan fingerprint density at radius 3 is 2.39 bits per heavy atom. The first-order valence-corrected chi connectivity index (χ1v) is 5.56. The second-order valence-corrected chi connectivity index (χ2v) is 3.81. The second-order valence-electron chi connectivity index (χ2n) is 3.81. The van der Waals surface area contributed by atoms with Gasteiger partial charge in [0.2, 0.25) is 5.82 Å². The molecule has 0 heterocycles. The Hall–Kier alpha value is -1.94. The molecule has 4 heteroatoms. The molecular formula is C14H13F2NO. The molecule has 2 nitrogen and oxygen atoms in total. The van der Waals surface area contributed by atoms with E-state index in [1.165, 1.54) is 12.1 Å². The Bertz CT molecular complexity index is 543. The van der Waals surface area contributed by atoms with Crippen molar-refractivity contribution in [3.8, 4) is 5.75 Å². The summed E-state index contributed by atoms with van der Waals surface area (Å²) in [6.07, 6.45) is 0. The number of hydrogen-bond donors (Lipinski definition) is 1. The first-order valence-electron chi connectivity index (χ1n) is 5.56. The predicted octanol–water partition coefficient (Wildman–Crippen LogP) is 3.00. The van der Waals surface area contributed by atoms with Crippen molar-refractivity contribution in [3.63, 3.8) is 0 Å². The van der Waals surface area contributed by atoms with Gasteiger partial charge < -0.3 is 10.5 Å². The van der Waals surface area contributed by atoms with Crippen molar-refractivity contribution in [1.82, 2.24) is 0 Å². The van der Waals surface area contributed by atoms with Crippen LogP contribution < -0.4 is 10.5 Å². The smallest absolute Gasteiger partial charge is 0.200 e. The van der Waals surface area contributed by atoms with Crippen molar-refractivity contribution in [2.24, 2.45) is 5.73 Å². The van der Waals surface area contributed by atoms with Crippen LogP contribution in [0.1, 0.15) is 11.1 Å². The Balaban J connectivity index is 2.14. The Morgan fingerprint density at radius 1 is 0.944 bits per heavy atom. The first kappa shape index (κ1) is 12.5. The SMILES string of the molecule is NCc1ccccc1COc1cccc(F)c1F. The molecule has 2 aromatic rings.